The predicted molar refractivity (Wildman–Crippen MR) is 283 cm³/mol. The van der Waals surface area contributed by atoms with Gasteiger partial charge >= 0.3 is 0 Å². The van der Waals surface area contributed by atoms with E-state index < -0.39 is 10.8 Å². The standard InChI is InChI=1S/C66H41NOS/c1-2-18-42(19-3-1)47-20-6-13-29-60(47)67(46-36-37-50-48-21-4-7-23-52(48)65(59(50)41-46)54-25-9-14-30-61(54)68-62-31-15-10-26-55(62)65)45-35-34-43-40-58-51(39-44(43)38-45)49-22-5-8-24-53(49)66(58)56-27-11-16-32-63(56)69-64-33-17-12-28-57(64)66/h1-41H. The third-order valence-corrected chi connectivity index (χ3v) is 16.5. The zero-order valence-corrected chi connectivity index (χ0v) is 38.3. The Balaban J connectivity index is 0.984. The molecule has 2 heterocycles. The highest BCUT2D eigenvalue weighted by molar-refractivity contribution is 7.99. The fourth-order valence-electron chi connectivity index (χ4n) is 12.7. The van der Waals surface area contributed by atoms with Crippen molar-refractivity contribution in [2.24, 2.45) is 0 Å². The lowest BCUT2D eigenvalue weighted by molar-refractivity contribution is 0.436. The number of fused-ring (bicyclic) bond motifs is 19. The van der Waals surface area contributed by atoms with Crippen molar-refractivity contribution in [1.82, 2.24) is 0 Å². The second kappa shape index (κ2) is 14.6. The molecule has 0 bridgehead atoms. The molecule has 0 fully saturated rings. The molecule has 2 spiro atoms. The second-order valence-electron chi connectivity index (χ2n) is 18.7. The maximum atomic E-state index is 6.73. The Kier molecular flexibility index (Phi) is 8.17. The van der Waals surface area contributed by atoms with Crippen LogP contribution in [-0.4, -0.2) is 0 Å². The van der Waals surface area contributed by atoms with E-state index in [0.29, 0.717) is 0 Å². The van der Waals surface area contributed by atoms with Crippen molar-refractivity contribution in [3.63, 3.8) is 0 Å². The third-order valence-electron chi connectivity index (χ3n) is 15.4. The van der Waals surface area contributed by atoms with Gasteiger partial charge in [0.15, 0.2) is 0 Å². The minimum atomic E-state index is -0.597. The number of ether oxygens (including phenoxy) is 1. The molecule has 3 heteroatoms. The van der Waals surface area contributed by atoms with Crippen LogP contribution in [-0.2, 0) is 10.8 Å². The van der Waals surface area contributed by atoms with Gasteiger partial charge in [0, 0.05) is 37.9 Å². The van der Waals surface area contributed by atoms with E-state index in [1.807, 2.05) is 11.8 Å². The molecule has 11 aromatic rings. The van der Waals surface area contributed by atoms with E-state index in [1.54, 1.807) is 0 Å². The molecule has 2 aliphatic heterocycles. The fourth-order valence-corrected chi connectivity index (χ4v) is 13.9. The molecule has 2 aliphatic carbocycles. The summed E-state index contributed by atoms with van der Waals surface area (Å²) in [5, 5.41) is 2.41. The Morgan fingerprint density at radius 1 is 0.304 bits per heavy atom. The van der Waals surface area contributed by atoms with E-state index in [4.69, 9.17) is 4.74 Å². The SMILES string of the molecule is c1ccc(-c2ccccc2N(c2ccc3c(c2)C2(c4ccccc4Oc4ccccc42)c2ccccc2-3)c2ccc3cc4c(cc3c2)-c2ccccc2C42c3ccccc3Sc3ccccc32)cc1. The molecule has 0 saturated heterocycles. The van der Waals surface area contributed by atoms with E-state index in [2.05, 4.69) is 254 Å². The molecular formula is C66H41NOS. The van der Waals surface area contributed by atoms with E-state index in [9.17, 15) is 0 Å². The maximum absolute atomic E-state index is 6.73. The quantitative estimate of drug-likeness (QED) is 0.175. The van der Waals surface area contributed by atoms with Gasteiger partial charge in [0.1, 0.15) is 11.5 Å². The van der Waals surface area contributed by atoms with Crippen molar-refractivity contribution in [3.8, 4) is 44.9 Å². The van der Waals surface area contributed by atoms with Crippen molar-refractivity contribution < 1.29 is 4.74 Å². The first-order chi connectivity index (χ1) is 34.2. The highest BCUT2D eigenvalue weighted by Gasteiger charge is 2.52. The summed E-state index contributed by atoms with van der Waals surface area (Å²) in [4.78, 5) is 5.12. The fraction of sp³-hybridized carbons (Fsp3) is 0.0303. The highest BCUT2D eigenvalue weighted by atomic mass is 32.2. The van der Waals surface area contributed by atoms with E-state index in [1.165, 1.54) is 81.8 Å². The molecule has 0 radical (unpaired) electrons. The second-order valence-corrected chi connectivity index (χ2v) is 19.7. The number of para-hydroxylation sites is 3. The first kappa shape index (κ1) is 38.7. The van der Waals surface area contributed by atoms with Gasteiger partial charge in [-0.15, -0.1) is 0 Å². The van der Waals surface area contributed by atoms with Crippen LogP contribution in [0.15, 0.2) is 259 Å². The number of hydrogen-bond donors (Lipinski definition) is 0. The highest BCUT2D eigenvalue weighted by Crippen LogP contribution is 2.64. The molecule has 0 N–H and O–H groups in total. The van der Waals surface area contributed by atoms with Gasteiger partial charge in [-0.1, -0.05) is 194 Å². The molecule has 0 saturated carbocycles. The molecule has 4 aliphatic rings. The van der Waals surface area contributed by atoms with Crippen LogP contribution in [0.1, 0.15) is 44.5 Å². The molecule has 11 aromatic carbocycles. The molecule has 15 rings (SSSR count). The number of nitrogens with zero attached hydrogens (tertiary/aromatic N) is 1. The van der Waals surface area contributed by atoms with E-state index in [-0.39, 0.29) is 0 Å². The summed E-state index contributed by atoms with van der Waals surface area (Å²) in [6.07, 6.45) is 0. The van der Waals surface area contributed by atoms with Crippen LogP contribution in [0.2, 0.25) is 0 Å². The molecule has 0 amide bonds. The van der Waals surface area contributed by atoms with Crippen molar-refractivity contribution in [2.75, 3.05) is 4.90 Å². The van der Waals surface area contributed by atoms with Gasteiger partial charge in [-0.25, -0.2) is 0 Å². The van der Waals surface area contributed by atoms with Gasteiger partial charge in [-0.3, -0.25) is 0 Å². The first-order valence-electron chi connectivity index (χ1n) is 23.8. The van der Waals surface area contributed by atoms with Gasteiger partial charge in [-0.2, -0.15) is 0 Å². The summed E-state index contributed by atoms with van der Waals surface area (Å²) in [5.74, 6) is 1.78. The monoisotopic (exact) mass is 895 g/mol. The largest absolute Gasteiger partial charge is 0.457 e. The zero-order valence-electron chi connectivity index (χ0n) is 37.4. The first-order valence-corrected chi connectivity index (χ1v) is 24.6. The third kappa shape index (κ3) is 5.23. The number of benzene rings is 11. The predicted octanol–water partition coefficient (Wildman–Crippen LogP) is 17.3. The lowest BCUT2D eigenvalue weighted by Crippen LogP contribution is -2.32. The minimum absolute atomic E-state index is 0.433. The van der Waals surface area contributed by atoms with Crippen LogP contribution >= 0.6 is 11.8 Å². The smallest absolute Gasteiger partial charge is 0.132 e. The molecule has 2 nitrogen and oxygen atoms in total. The van der Waals surface area contributed by atoms with Gasteiger partial charge in [0.2, 0.25) is 0 Å². The number of anilines is 3. The van der Waals surface area contributed by atoms with E-state index in [0.717, 1.165) is 45.3 Å². The Labute approximate surface area is 405 Å². The average molecular weight is 896 g/mol. The summed E-state index contributed by atoms with van der Waals surface area (Å²) in [5.41, 5.74) is 19.9. The Morgan fingerprint density at radius 2 is 0.783 bits per heavy atom. The molecular weight excluding hydrogens is 855 g/mol. The van der Waals surface area contributed by atoms with Crippen molar-refractivity contribution in [1.29, 1.82) is 0 Å². The molecule has 0 aromatic heterocycles. The topological polar surface area (TPSA) is 12.5 Å². The normalized spacial score (nSPS) is 14.4. The van der Waals surface area contributed by atoms with Crippen LogP contribution in [0.25, 0.3) is 44.2 Å². The summed E-state index contributed by atoms with van der Waals surface area (Å²) in [6, 6.07) is 92.3. The van der Waals surface area contributed by atoms with Crippen molar-refractivity contribution in [2.45, 2.75) is 20.6 Å². The summed E-state index contributed by atoms with van der Waals surface area (Å²) in [7, 11) is 0. The molecule has 69 heavy (non-hydrogen) atoms. The van der Waals surface area contributed by atoms with Crippen molar-refractivity contribution >= 4 is 39.6 Å². The van der Waals surface area contributed by atoms with Gasteiger partial charge < -0.3 is 9.64 Å². The summed E-state index contributed by atoms with van der Waals surface area (Å²) in [6.45, 7) is 0. The van der Waals surface area contributed by atoms with Crippen LogP contribution in [0.3, 0.4) is 0 Å². The number of rotatable bonds is 4. The molecule has 322 valence electrons. The van der Waals surface area contributed by atoms with Crippen molar-refractivity contribution in [3.05, 3.63) is 293 Å². The minimum Gasteiger partial charge on any atom is -0.457 e. The zero-order chi connectivity index (χ0) is 45.3. The Bertz CT molecular complexity index is 3850. The maximum Gasteiger partial charge on any atom is 0.132 e. The Hall–Kier alpha value is -8.37. The summed E-state index contributed by atoms with van der Waals surface area (Å²) < 4.78 is 6.73. The lowest BCUT2D eigenvalue weighted by atomic mass is 9.66. The molecule has 0 atom stereocenters. The van der Waals surface area contributed by atoms with E-state index >= 15 is 0 Å². The Morgan fingerprint density at radius 3 is 1.46 bits per heavy atom. The van der Waals surface area contributed by atoms with Crippen LogP contribution in [0.5, 0.6) is 11.5 Å². The number of hydrogen-bond acceptors (Lipinski definition) is 3. The van der Waals surface area contributed by atoms with Crippen LogP contribution in [0, 0.1) is 0 Å². The van der Waals surface area contributed by atoms with Crippen LogP contribution < -0.4 is 9.64 Å². The summed E-state index contributed by atoms with van der Waals surface area (Å²) >= 11 is 1.89. The lowest BCUT2D eigenvalue weighted by Gasteiger charge is -2.39. The van der Waals surface area contributed by atoms with Gasteiger partial charge in [-0.05, 0) is 139 Å². The van der Waals surface area contributed by atoms with Gasteiger partial charge in [0.25, 0.3) is 0 Å². The van der Waals surface area contributed by atoms with Crippen LogP contribution in [0.4, 0.5) is 17.1 Å². The molecule has 0 unspecified atom stereocenters. The van der Waals surface area contributed by atoms with Gasteiger partial charge in [0.05, 0.1) is 16.5 Å². The average Bonchev–Trinajstić information content (AvgIpc) is 3.85.